The molecule has 0 saturated carbocycles. The van der Waals surface area contributed by atoms with Crippen molar-refractivity contribution in [1.29, 1.82) is 0 Å². The Morgan fingerprint density at radius 1 is 1.44 bits per heavy atom. The highest BCUT2D eigenvalue weighted by atomic mass is 16.5. The van der Waals surface area contributed by atoms with Crippen LogP contribution >= 0.6 is 0 Å². The van der Waals surface area contributed by atoms with Crippen molar-refractivity contribution in [1.82, 2.24) is 5.32 Å². The van der Waals surface area contributed by atoms with Crippen LogP contribution < -0.4 is 5.32 Å². The van der Waals surface area contributed by atoms with Crippen LogP contribution in [0.5, 0.6) is 0 Å². The number of ether oxygens (including phenoxy) is 1. The fourth-order valence-corrected chi connectivity index (χ4v) is 1.62. The van der Waals surface area contributed by atoms with Crippen LogP contribution in [0.2, 0.25) is 0 Å². The third kappa shape index (κ3) is 4.31. The summed E-state index contributed by atoms with van der Waals surface area (Å²) in [6.45, 7) is 5.08. The Kier molecular flexibility index (Phi) is 5.46. The molecule has 0 saturated heterocycles. The Hall–Kier alpha value is -0.900. The summed E-state index contributed by atoms with van der Waals surface area (Å²) in [4.78, 5) is 0. The van der Waals surface area contributed by atoms with Gasteiger partial charge in [0.1, 0.15) is 0 Å². The third-order valence-electron chi connectivity index (χ3n) is 2.56. The third-order valence-corrected chi connectivity index (χ3v) is 2.56. The summed E-state index contributed by atoms with van der Waals surface area (Å²) in [6, 6.07) is 8.62. The number of aryl methyl sites for hydroxylation is 1. The minimum Gasteiger partial charge on any atom is -0.389 e. The first kappa shape index (κ1) is 13.2. The average Bonchev–Trinajstić information content (AvgIpc) is 2.26. The van der Waals surface area contributed by atoms with Gasteiger partial charge in [0.2, 0.25) is 0 Å². The topological polar surface area (TPSA) is 41.5 Å². The molecule has 1 unspecified atom stereocenters. The van der Waals surface area contributed by atoms with Crippen LogP contribution in [0.4, 0.5) is 0 Å². The van der Waals surface area contributed by atoms with Crippen molar-refractivity contribution < 1.29 is 9.84 Å². The number of benzene rings is 1. The second kappa shape index (κ2) is 6.63. The van der Waals surface area contributed by atoms with Gasteiger partial charge in [-0.3, -0.25) is 0 Å². The van der Waals surface area contributed by atoms with Gasteiger partial charge in [-0.15, -0.1) is 0 Å². The first-order chi connectivity index (χ1) is 7.63. The largest absolute Gasteiger partial charge is 0.389 e. The Morgan fingerprint density at radius 3 is 2.81 bits per heavy atom. The predicted molar refractivity (Wildman–Crippen MR) is 65.5 cm³/mol. The highest BCUT2D eigenvalue weighted by Crippen LogP contribution is 2.13. The summed E-state index contributed by atoms with van der Waals surface area (Å²) in [7, 11) is 1.59. The molecule has 0 aliphatic heterocycles. The lowest BCUT2D eigenvalue weighted by molar-refractivity contribution is 0.0630. The maximum Gasteiger partial charge on any atom is 0.0897 e. The van der Waals surface area contributed by atoms with Crippen molar-refractivity contribution in [3.8, 4) is 0 Å². The monoisotopic (exact) mass is 223 g/mol. The molecule has 0 bridgehead atoms. The van der Waals surface area contributed by atoms with E-state index in [1.807, 2.05) is 0 Å². The number of aliphatic hydroxyl groups excluding tert-OH is 1. The highest BCUT2D eigenvalue weighted by Gasteiger charge is 2.08. The molecule has 3 nitrogen and oxygen atoms in total. The standard InChI is InChI=1S/C13H21NO2/c1-10-5-4-6-12(7-10)11(2)14-8-13(15)9-16-3/h4-7,11,13-15H,8-9H2,1-3H3/t11-,13?/m0/s1. The van der Waals surface area contributed by atoms with Gasteiger partial charge >= 0.3 is 0 Å². The van der Waals surface area contributed by atoms with Gasteiger partial charge in [0.15, 0.2) is 0 Å². The summed E-state index contributed by atoms with van der Waals surface area (Å²) in [5, 5.41) is 12.8. The number of aliphatic hydroxyl groups is 1. The van der Waals surface area contributed by atoms with E-state index in [9.17, 15) is 5.11 Å². The van der Waals surface area contributed by atoms with Gasteiger partial charge in [0, 0.05) is 19.7 Å². The van der Waals surface area contributed by atoms with E-state index in [0.29, 0.717) is 13.2 Å². The molecular formula is C13H21NO2. The second-order valence-corrected chi connectivity index (χ2v) is 4.15. The number of rotatable bonds is 6. The van der Waals surface area contributed by atoms with Gasteiger partial charge in [0.25, 0.3) is 0 Å². The van der Waals surface area contributed by atoms with E-state index in [-0.39, 0.29) is 6.04 Å². The minimum absolute atomic E-state index is 0.242. The van der Waals surface area contributed by atoms with E-state index in [4.69, 9.17) is 4.74 Å². The van der Waals surface area contributed by atoms with Crippen molar-refractivity contribution in [3.05, 3.63) is 35.4 Å². The summed E-state index contributed by atoms with van der Waals surface area (Å²) in [6.07, 6.45) is -0.447. The van der Waals surface area contributed by atoms with Gasteiger partial charge in [-0.1, -0.05) is 29.8 Å². The minimum atomic E-state index is -0.447. The molecule has 0 aromatic heterocycles. The van der Waals surface area contributed by atoms with E-state index in [2.05, 4.69) is 43.4 Å². The molecule has 0 aliphatic carbocycles. The molecule has 2 N–H and O–H groups in total. The lowest BCUT2D eigenvalue weighted by Crippen LogP contribution is -2.31. The molecule has 1 aromatic rings. The SMILES string of the molecule is COCC(O)CN[C@@H](C)c1cccc(C)c1. The number of hydrogen-bond acceptors (Lipinski definition) is 3. The number of methoxy groups -OCH3 is 1. The van der Waals surface area contributed by atoms with Crippen LogP contribution in [0.3, 0.4) is 0 Å². The van der Waals surface area contributed by atoms with Crippen molar-refractivity contribution in [2.45, 2.75) is 26.0 Å². The van der Waals surface area contributed by atoms with E-state index >= 15 is 0 Å². The van der Waals surface area contributed by atoms with Gasteiger partial charge in [-0.25, -0.2) is 0 Å². The van der Waals surface area contributed by atoms with Crippen molar-refractivity contribution in [2.75, 3.05) is 20.3 Å². The van der Waals surface area contributed by atoms with Crippen LogP contribution in [0.1, 0.15) is 24.1 Å². The van der Waals surface area contributed by atoms with Crippen LogP contribution in [-0.2, 0) is 4.74 Å². The van der Waals surface area contributed by atoms with E-state index < -0.39 is 6.10 Å². The maximum absolute atomic E-state index is 9.51. The second-order valence-electron chi connectivity index (χ2n) is 4.15. The zero-order chi connectivity index (χ0) is 12.0. The molecular weight excluding hydrogens is 202 g/mol. The Bertz CT molecular complexity index is 315. The molecule has 90 valence electrons. The van der Waals surface area contributed by atoms with Gasteiger partial charge in [-0.2, -0.15) is 0 Å². The van der Waals surface area contributed by atoms with Crippen LogP contribution in [0.15, 0.2) is 24.3 Å². The quantitative estimate of drug-likeness (QED) is 0.770. The van der Waals surface area contributed by atoms with Gasteiger partial charge < -0.3 is 15.2 Å². The van der Waals surface area contributed by atoms with Gasteiger partial charge in [-0.05, 0) is 19.4 Å². The van der Waals surface area contributed by atoms with E-state index in [1.54, 1.807) is 7.11 Å². The normalized spacial score (nSPS) is 14.8. The maximum atomic E-state index is 9.51. The molecule has 0 heterocycles. The van der Waals surface area contributed by atoms with E-state index in [0.717, 1.165) is 0 Å². The summed E-state index contributed by atoms with van der Waals surface area (Å²) >= 11 is 0. The Morgan fingerprint density at radius 2 is 2.19 bits per heavy atom. The molecule has 0 fully saturated rings. The van der Waals surface area contributed by atoms with Crippen molar-refractivity contribution >= 4 is 0 Å². The zero-order valence-electron chi connectivity index (χ0n) is 10.2. The first-order valence-corrected chi connectivity index (χ1v) is 5.60. The molecule has 0 radical (unpaired) electrons. The van der Waals surface area contributed by atoms with Gasteiger partial charge in [0.05, 0.1) is 12.7 Å². The average molecular weight is 223 g/mol. The Labute approximate surface area is 97.4 Å². The summed E-state index contributed by atoms with van der Waals surface area (Å²) < 4.78 is 4.87. The Balaban J connectivity index is 2.43. The van der Waals surface area contributed by atoms with E-state index in [1.165, 1.54) is 11.1 Å². The predicted octanol–water partition coefficient (Wildman–Crippen LogP) is 1.65. The first-order valence-electron chi connectivity index (χ1n) is 5.60. The highest BCUT2D eigenvalue weighted by molar-refractivity contribution is 5.24. The smallest absolute Gasteiger partial charge is 0.0897 e. The van der Waals surface area contributed by atoms with Crippen molar-refractivity contribution in [3.63, 3.8) is 0 Å². The molecule has 0 spiro atoms. The number of hydrogen-bond donors (Lipinski definition) is 2. The molecule has 0 amide bonds. The molecule has 3 heteroatoms. The molecule has 1 rings (SSSR count). The summed E-state index contributed by atoms with van der Waals surface area (Å²) in [5.41, 5.74) is 2.49. The molecule has 2 atom stereocenters. The van der Waals surface area contributed by atoms with Crippen molar-refractivity contribution in [2.24, 2.45) is 0 Å². The van der Waals surface area contributed by atoms with Crippen LogP contribution in [-0.4, -0.2) is 31.5 Å². The fraction of sp³-hybridized carbons (Fsp3) is 0.538. The lowest BCUT2D eigenvalue weighted by atomic mass is 10.1. The molecule has 16 heavy (non-hydrogen) atoms. The molecule has 0 aliphatic rings. The zero-order valence-corrected chi connectivity index (χ0v) is 10.2. The number of nitrogens with one attached hydrogen (secondary N) is 1. The lowest BCUT2D eigenvalue weighted by Gasteiger charge is -2.17. The summed E-state index contributed by atoms with van der Waals surface area (Å²) in [5.74, 6) is 0. The van der Waals surface area contributed by atoms with Crippen LogP contribution in [0.25, 0.3) is 0 Å². The van der Waals surface area contributed by atoms with Crippen LogP contribution in [0, 0.1) is 6.92 Å². The fourth-order valence-electron chi connectivity index (χ4n) is 1.62. The molecule has 1 aromatic carbocycles.